The minimum absolute atomic E-state index is 0.0122. The molecule has 1 unspecified atom stereocenters. The van der Waals surface area contributed by atoms with Crippen molar-refractivity contribution in [1.29, 1.82) is 0 Å². The first kappa shape index (κ1) is 45.9. The Labute approximate surface area is 298 Å². The van der Waals surface area contributed by atoms with Gasteiger partial charge in [0, 0.05) is 12.8 Å². The molecule has 1 N–H and O–H groups in total. The van der Waals surface area contributed by atoms with Crippen molar-refractivity contribution in [1.82, 2.24) is 0 Å². The molecule has 0 aromatic rings. The van der Waals surface area contributed by atoms with E-state index in [1.807, 2.05) is 0 Å². The summed E-state index contributed by atoms with van der Waals surface area (Å²) in [5, 5.41) is 8.71. The van der Waals surface area contributed by atoms with Crippen LogP contribution in [0.15, 0.2) is 48.6 Å². The van der Waals surface area contributed by atoms with Crippen LogP contribution in [0, 0.1) is 0 Å². The molecule has 0 aliphatic rings. The molecule has 0 saturated heterocycles. The fourth-order valence-corrected chi connectivity index (χ4v) is 6.00. The molecule has 0 rings (SSSR count). The SMILES string of the molecule is CCCCC/C=C\C/C=C\C/C=C\C/C=C\CCCC(=O)OC(CCCCCCCCC)CCCCCCCCCCCCCC(=O)O. The summed E-state index contributed by atoms with van der Waals surface area (Å²) in [4.78, 5) is 23.2. The van der Waals surface area contributed by atoms with Crippen LogP contribution in [-0.2, 0) is 14.3 Å². The van der Waals surface area contributed by atoms with Gasteiger partial charge in [-0.2, -0.15) is 0 Å². The Morgan fingerprint density at radius 1 is 0.458 bits per heavy atom. The molecule has 0 aromatic carbocycles. The van der Waals surface area contributed by atoms with E-state index < -0.39 is 5.97 Å². The van der Waals surface area contributed by atoms with Crippen molar-refractivity contribution in [3.63, 3.8) is 0 Å². The van der Waals surface area contributed by atoms with E-state index in [0.717, 1.165) is 70.6 Å². The quantitative estimate of drug-likeness (QED) is 0.0406. The van der Waals surface area contributed by atoms with Gasteiger partial charge in [0.25, 0.3) is 0 Å². The summed E-state index contributed by atoms with van der Waals surface area (Å²) in [6.07, 6.45) is 52.9. The van der Waals surface area contributed by atoms with Crippen LogP contribution in [0.2, 0.25) is 0 Å². The fourth-order valence-electron chi connectivity index (χ4n) is 6.00. The lowest BCUT2D eigenvalue weighted by atomic mass is 10.0. The number of carbonyl (C=O) groups is 2. The predicted octanol–water partition coefficient (Wildman–Crippen LogP) is 14.3. The third-order valence-corrected chi connectivity index (χ3v) is 9.05. The predicted molar refractivity (Wildman–Crippen MR) is 209 cm³/mol. The zero-order valence-corrected chi connectivity index (χ0v) is 31.8. The van der Waals surface area contributed by atoms with Crippen LogP contribution < -0.4 is 0 Å². The number of hydrogen-bond acceptors (Lipinski definition) is 3. The van der Waals surface area contributed by atoms with Gasteiger partial charge in [0.2, 0.25) is 0 Å². The molecule has 0 aliphatic heterocycles. The lowest BCUT2D eigenvalue weighted by molar-refractivity contribution is -0.150. The number of ether oxygens (including phenoxy) is 1. The minimum atomic E-state index is -0.675. The number of allylic oxidation sites excluding steroid dienone is 8. The highest BCUT2D eigenvalue weighted by atomic mass is 16.5. The van der Waals surface area contributed by atoms with Gasteiger partial charge in [0.1, 0.15) is 6.10 Å². The highest BCUT2D eigenvalue weighted by molar-refractivity contribution is 5.69. The molecule has 48 heavy (non-hydrogen) atoms. The van der Waals surface area contributed by atoms with E-state index >= 15 is 0 Å². The Kier molecular flexibility index (Phi) is 37.6. The second-order valence-corrected chi connectivity index (χ2v) is 13.8. The lowest BCUT2D eigenvalue weighted by Crippen LogP contribution is -2.18. The minimum Gasteiger partial charge on any atom is -0.481 e. The van der Waals surface area contributed by atoms with E-state index in [4.69, 9.17) is 9.84 Å². The van der Waals surface area contributed by atoms with Gasteiger partial charge in [-0.25, -0.2) is 0 Å². The summed E-state index contributed by atoms with van der Waals surface area (Å²) in [5.41, 5.74) is 0. The van der Waals surface area contributed by atoms with Crippen LogP contribution in [0.4, 0.5) is 0 Å². The maximum atomic E-state index is 12.7. The van der Waals surface area contributed by atoms with Gasteiger partial charge in [-0.15, -0.1) is 0 Å². The Bertz CT molecular complexity index is 809. The number of carbonyl (C=O) groups excluding carboxylic acids is 1. The van der Waals surface area contributed by atoms with Crippen LogP contribution >= 0.6 is 0 Å². The first-order valence-electron chi connectivity index (χ1n) is 20.6. The summed E-state index contributed by atoms with van der Waals surface area (Å²) < 4.78 is 6.02. The second kappa shape index (κ2) is 39.3. The molecule has 0 aliphatic carbocycles. The molecule has 0 bridgehead atoms. The molecule has 0 radical (unpaired) electrons. The molecule has 278 valence electrons. The van der Waals surface area contributed by atoms with Crippen molar-refractivity contribution in [2.24, 2.45) is 0 Å². The zero-order chi connectivity index (χ0) is 35.0. The monoisotopic (exact) mass is 671 g/mol. The van der Waals surface area contributed by atoms with Crippen LogP contribution in [0.1, 0.15) is 213 Å². The van der Waals surface area contributed by atoms with Gasteiger partial charge in [0.05, 0.1) is 0 Å². The van der Waals surface area contributed by atoms with Crippen LogP contribution in [0.3, 0.4) is 0 Å². The van der Waals surface area contributed by atoms with Crippen LogP contribution in [-0.4, -0.2) is 23.1 Å². The van der Waals surface area contributed by atoms with Crippen molar-refractivity contribution in [3.8, 4) is 0 Å². The largest absolute Gasteiger partial charge is 0.481 e. The maximum Gasteiger partial charge on any atom is 0.306 e. The maximum absolute atomic E-state index is 12.7. The van der Waals surface area contributed by atoms with E-state index in [-0.39, 0.29) is 12.1 Å². The van der Waals surface area contributed by atoms with Gasteiger partial charge in [-0.1, -0.05) is 172 Å². The standard InChI is InChI=1S/C44H78O4/c1-3-5-7-9-11-12-13-14-15-16-17-18-22-25-29-33-37-41-44(47)48-42(38-34-30-26-10-8-6-4-2)39-35-31-27-23-20-19-21-24-28-32-36-40-43(45)46/h11-12,14-15,17-18,25,29,42H,3-10,13,16,19-24,26-28,30-41H2,1-2H3,(H,45,46)/b12-11-,15-14-,18-17-,29-25-. The summed E-state index contributed by atoms with van der Waals surface area (Å²) in [5.74, 6) is -0.687. The molecule has 0 heterocycles. The Balaban J connectivity index is 4.10. The number of hydrogen-bond donors (Lipinski definition) is 1. The van der Waals surface area contributed by atoms with Crippen molar-refractivity contribution in [3.05, 3.63) is 48.6 Å². The number of rotatable bonds is 37. The van der Waals surface area contributed by atoms with Crippen LogP contribution in [0.5, 0.6) is 0 Å². The van der Waals surface area contributed by atoms with E-state index in [1.54, 1.807) is 0 Å². The van der Waals surface area contributed by atoms with Crippen LogP contribution in [0.25, 0.3) is 0 Å². The Morgan fingerprint density at radius 3 is 1.29 bits per heavy atom. The number of unbranched alkanes of at least 4 members (excludes halogenated alkanes) is 20. The van der Waals surface area contributed by atoms with E-state index in [9.17, 15) is 9.59 Å². The molecule has 0 spiro atoms. The lowest BCUT2D eigenvalue weighted by Gasteiger charge is -2.18. The summed E-state index contributed by atoms with van der Waals surface area (Å²) in [6, 6.07) is 0. The molecule has 1 atom stereocenters. The van der Waals surface area contributed by atoms with Gasteiger partial charge in [-0.05, 0) is 77.0 Å². The summed E-state index contributed by atoms with van der Waals surface area (Å²) >= 11 is 0. The van der Waals surface area contributed by atoms with Crippen molar-refractivity contribution in [2.75, 3.05) is 0 Å². The van der Waals surface area contributed by atoms with E-state index in [2.05, 4.69) is 62.5 Å². The van der Waals surface area contributed by atoms with Crippen molar-refractivity contribution >= 4 is 11.9 Å². The molecule has 0 aromatic heterocycles. The smallest absolute Gasteiger partial charge is 0.306 e. The fraction of sp³-hybridized carbons (Fsp3) is 0.773. The summed E-state index contributed by atoms with van der Waals surface area (Å²) in [6.45, 7) is 4.51. The Morgan fingerprint density at radius 2 is 0.833 bits per heavy atom. The number of esters is 1. The average Bonchev–Trinajstić information content (AvgIpc) is 3.07. The van der Waals surface area contributed by atoms with E-state index in [0.29, 0.717) is 12.8 Å². The average molecular weight is 671 g/mol. The van der Waals surface area contributed by atoms with E-state index in [1.165, 1.54) is 116 Å². The second-order valence-electron chi connectivity index (χ2n) is 13.8. The zero-order valence-electron chi connectivity index (χ0n) is 31.8. The highest BCUT2D eigenvalue weighted by Crippen LogP contribution is 2.19. The normalized spacial score (nSPS) is 12.7. The number of aliphatic carboxylic acids is 1. The van der Waals surface area contributed by atoms with Gasteiger partial charge in [-0.3, -0.25) is 9.59 Å². The topological polar surface area (TPSA) is 63.6 Å². The number of carboxylic acid groups (broad SMARTS) is 1. The molecule has 0 fully saturated rings. The molecule has 4 heteroatoms. The molecular formula is C44H78O4. The first-order chi connectivity index (χ1) is 23.6. The van der Waals surface area contributed by atoms with Crippen molar-refractivity contribution in [2.45, 2.75) is 219 Å². The van der Waals surface area contributed by atoms with Gasteiger partial charge >= 0.3 is 11.9 Å². The molecule has 0 amide bonds. The molecular weight excluding hydrogens is 592 g/mol. The summed E-state index contributed by atoms with van der Waals surface area (Å²) in [7, 11) is 0. The van der Waals surface area contributed by atoms with Gasteiger partial charge in [0.15, 0.2) is 0 Å². The Hall–Kier alpha value is -2.10. The molecule has 0 saturated carbocycles. The third-order valence-electron chi connectivity index (χ3n) is 9.05. The van der Waals surface area contributed by atoms with Crippen molar-refractivity contribution < 1.29 is 19.4 Å². The molecule has 4 nitrogen and oxygen atoms in total. The highest BCUT2D eigenvalue weighted by Gasteiger charge is 2.14. The number of carboxylic acids is 1. The van der Waals surface area contributed by atoms with Gasteiger partial charge < -0.3 is 9.84 Å². The third kappa shape index (κ3) is 38.3. The first-order valence-corrected chi connectivity index (χ1v) is 20.6.